The molecule has 2 heteroatoms. The second kappa shape index (κ2) is 7.89. The summed E-state index contributed by atoms with van der Waals surface area (Å²) in [7, 11) is 0. The maximum atomic E-state index is 6.27. The zero-order valence-electron chi connectivity index (χ0n) is 12.7. The van der Waals surface area contributed by atoms with Crippen LogP contribution < -0.4 is 0 Å². The summed E-state index contributed by atoms with van der Waals surface area (Å²) in [5.41, 5.74) is 0.406. The number of hydrogen-bond donors (Lipinski definition) is 0. The van der Waals surface area contributed by atoms with Gasteiger partial charge in [0.1, 0.15) is 0 Å². The summed E-state index contributed by atoms with van der Waals surface area (Å²) in [4.78, 5) is 0.667. The Hall–Kier alpha value is 0.440. The van der Waals surface area contributed by atoms with Crippen molar-refractivity contribution in [2.75, 3.05) is 6.61 Å². The Morgan fingerprint density at radius 3 is 2.33 bits per heavy atom. The highest BCUT2D eigenvalue weighted by Gasteiger charge is 2.52. The molecule has 0 N–H and O–H groups in total. The van der Waals surface area contributed by atoms with E-state index in [9.17, 15) is 0 Å². The van der Waals surface area contributed by atoms with Gasteiger partial charge in [-0.05, 0) is 31.6 Å². The number of halogens is 1. The van der Waals surface area contributed by atoms with Crippen LogP contribution in [0.2, 0.25) is 0 Å². The third-order valence-corrected chi connectivity index (χ3v) is 6.36. The lowest BCUT2D eigenvalue weighted by Gasteiger charge is -2.53. The van der Waals surface area contributed by atoms with Gasteiger partial charge in [-0.1, -0.05) is 62.9 Å². The molecule has 0 aromatic heterocycles. The minimum absolute atomic E-state index is 0.406. The molecule has 0 bridgehead atoms. The molecule has 1 fully saturated rings. The minimum Gasteiger partial charge on any atom is -0.377 e. The third-order valence-electron chi connectivity index (χ3n) is 5.08. The highest BCUT2D eigenvalue weighted by molar-refractivity contribution is 9.09. The lowest BCUT2D eigenvalue weighted by Crippen LogP contribution is -2.55. The van der Waals surface area contributed by atoms with E-state index in [1.54, 1.807) is 0 Å². The van der Waals surface area contributed by atoms with Gasteiger partial charge in [0.05, 0.1) is 6.10 Å². The number of hydrogen-bond acceptors (Lipinski definition) is 1. The molecule has 1 nitrogen and oxygen atoms in total. The summed E-state index contributed by atoms with van der Waals surface area (Å²) in [6.07, 6.45) is 9.40. The van der Waals surface area contributed by atoms with Crippen molar-refractivity contribution in [1.29, 1.82) is 0 Å². The molecule has 0 spiro atoms. The van der Waals surface area contributed by atoms with Crippen molar-refractivity contribution in [2.45, 2.75) is 83.6 Å². The van der Waals surface area contributed by atoms with Crippen molar-refractivity contribution in [3.63, 3.8) is 0 Å². The van der Waals surface area contributed by atoms with E-state index in [0.29, 0.717) is 16.3 Å². The van der Waals surface area contributed by atoms with Gasteiger partial charge in [0.25, 0.3) is 0 Å². The first-order valence-electron chi connectivity index (χ1n) is 7.90. The van der Waals surface area contributed by atoms with E-state index in [1.165, 1.54) is 44.9 Å². The van der Waals surface area contributed by atoms with Crippen LogP contribution in [-0.2, 0) is 4.74 Å². The van der Waals surface area contributed by atoms with Crippen LogP contribution in [-0.4, -0.2) is 17.5 Å². The first-order chi connectivity index (χ1) is 8.64. The molecular formula is C16H31BrO. The Labute approximate surface area is 122 Å². The summed E-state index contributed by atoms with van der Waals surface area (Å²) in [5, 5.41) is 0. The predicted octanol–water partition coefficient (Wildman–Crippen LogP) is 5.56. The van der Waals surface area contributed by atoms with E-state index in [0.717, 1.165) is 12.5 Å². The Morgan fingerprint density at radius 2 is 1.89 bits per heavy atom. The largest absolute Gasteiger partial charge is 0.377 e. The summed E-state index contributed by atoms with van der Waals surface area (Å²) in [6.45, 7) is 10.2. The molecule has 0 heterocycles. The molecule has 1 aliphatic rings. The smallest absolute Gasteiger partial charge is 0.0652 e. The van der Waals surface area contributed by atoms with Crippen LogP contribution >= 0.6 is 15.9 Å². The standard InChI is InChI=1S/C16H31BrO/c1-5-9-10-13(6-2)12-18-15-11-14(17)16(15,7-3)8-4/h13-15H,5-12H2,1-4H3. The second-order valence-electron chi connectivity index (χ2n) is 5.88. The van der Waals surface area contributed by atoms with Crippen LogP contribution in [0.15, 0.2) is 0 Å². The molecule has 3 unspecified atom stereocenters. The molecule has 3 atom stereocenters. The van der Waals surface area contributed by atoms with Gasteiger partial charge in [0, 0.05) is 16.8 Å². The average molecular weight is 319 g/mol. The number of unbranched alkanes of at least 4 members (excludes halogenated alkanes) is 1. The van der Waals surface area contributed by atoms with Crippen molar-refractivity contribution >= 4 is 15.9 Å². The zero-order valence-corrected chi connectivity index (χ0v) is 14.3. The molecular weight excluding hydrogens is 288 g/mol. The SMILES string of the molecule is CCCCC(CC)COC1CC(Br)C1(CC)CC. The number of rotatable bonds is 9. The zero-order chi connectivity index (χ0) is 13.6. The average Bonchev–Trinajstić information content (AvgIpc) is 2.39. The van der Waals surface area contributed by atoms with Crippen molar-refractivity contribution in [1.82, 2.24) is 0 Å². The van der Waals surface area contributed by atoms with Crippen molar-refractivity contribution < 1.29 is 4.74 Å². The van der Waals surface area contributed by atoms with Gasteiger partial charge in [-0.3, -0.25) is 0 Å². The van der Waals surface area contributed by atoms with Crippen LogP contribution in [0.4, 0.5) is 0 Å². The van der Waals surface area contributed by atoms with Gasteiger partial charge in [0.15, 0.2) is 0 Å². The van der Waals surface area contributed by atoms with E-state index in [4.69, 9.17) is 4.74 Å². The summed E-state index contributed by atoms with van der Waals surface area (Å²) in [6, 6.07) is 0. The molecule has 1 saturated carbocycles. The maximum absolute atomic E-state index is 6.27. The van der Waals surface area contributed by atoms with E-state index >= 15 is 0 Å². The van der Waals surface area contributed by atoms with Crippen LogP contribution in [0.1, 0.15) is 72.6 Å². The highest BCUT2D eigenvalue weighted by atomic mass is 79.9. The molecule has 0 radical (unpaired) electrons. The Bertz CT molecular complexity index is 225. The predicted molar refractivity (Wildman–Crippen MR) is 83.4 cm³/mol. The van der Waals surface area contributed by atoms with Gasteiger partial charge < -0.3 is 4.74 Å². The van der Waals surface area contributed by atoms with Crippen LogP contribution in [0.5, 0.6) is 0 Å². The Balaban J connectivity index is 2.38. The fraction of sp³-hybridized carbons (Fsp3) is 1.00. The third kappa shape index (κ3) is 3.50. The van der Waals surface area contributed by atoms with Gasteiger partial charge in [-0.15, -0.1) is 0 Å². The number of alkyl halides is 1. The second-order valence-corrected chi connectivity index (χ2v) is 6.99. The molecule has 108 valence electrons. The minimum atomic E-state index is 0.406. The number of ether oxygens (including phenoxy) is 1. The summed E-state index contributed by atoms with van der Waals surface area (Å²) < 4.78 is 6.27. The lowest BCUT2D eigenvalue weighted by molar-refractivity contribution is -0.117. The molecule has 0 aromatic rings. The van der Waals surface area contributed by atoms with Crippen molar-refractivity contribution in [3.05, 3.63) is 0 Å². The quantitative estimate of drug-likeness (QED) is 0.505. The van der Waals surface area contributed by atoms with E-state index in [1.807, 2.05) is 0 Å². The molecule has 0 amide bonds. The van der Waals surface area contributed by atoms with Crippen molar-refractivity contribution in [3.8, 4) is 0 Å². The van der Waals surface area contributed by atoms with Gasteiger partial charge >= 0.3 is 0 Å². The van der Waals surface area contributed by atoms with Crippen LogP contribution in [0.25, 0.3) is 0 Å². The van der Waals surface area contributed by atoms with Gasteiger partial charge in [-0.2, -0.15) is 0 Å². The molecule has 18 heavy (non-hydrogen) atoms. The van der Waals surface area contributed by atoms with E-state index in [-0.39, 0.29) is 0 Å². The fourth-order valence-electron chi connectivity index (χ4n) is 3.23. The maximum Gasteiger partial charge on any atom is 0.0652 e. The summed E-state index contributed by atoms with van der Waals surface area (Å²) in [5.74, 6) is 0.769. The summed E-state index contributed by atoms with van der Waals surface area (Å²) >= 11 is 3.83. The van der Waals surface area contributed by atoms with Crippen molar-refractivity contribution in [2.24, 2.45) is 11.3 Å². The molecule has 0 aromatic carbocycles. The topological polar surface area (TPSA) is 9.23 Å². The van der Waals surface area contributed by atoms with Gasteiger partial charge in [-0.25, -0.2) is 0 Å². The van der Waals surface area contributed by atoms with Crippen LogP contribution in [0, 0.1) is 11.3 Å². The molecule has 1 rings (SSSR count). The molecule has 0 saturated heterocycles. The highest BCUT2D eigenvalue weighted by Crippen LogP contribution is 2.52. The first kappa shape index (κ1) is 16.5. The van der Waals surface area contributed by atoms with Gasteiger partial charge in [0.2, 0.25) is 0 Å². The lowest BCUT2D eigenvalue weighted by atomic mass is 9.62. The first-order valence-corrected chi connectivity index (χ1v) is 8.81. The van der Waals surface area contributed by atoms with E-state index in [2.05, 4.69) is 43.6 Å². The monoisotopic (exact) mass is 318 g/mol. The Morgan fingerprint density at radius 1 is 1.22 bits per heavy atom. The normalized spacial score (nSPS) is 27.8. The molecule has 0 aliphatic heterocycles. The molecule has 1 aliphatic carbocycles. The van der Waals surface area contributed by atoms with E-state index < -0.39 is 0 Å². The van der Waals surface area contributed by atoms with Crippen LogP contribution in [0.3, 0.4) is 0 Å². The fourth-order valence-corrected chi connectivity index (χ4v) is 4.51. The Kier molecular flexibility index (Phi) is 7.23.